The van der Waals surface area contributed by atoms with Crippen LogP contribution in [0.2, 0.25) is 0 Å². The number of aryl methyl sites for hydroxylation is 1. The predicted octanol–water partition coefficient (Wildman–Crippen LogP) is 0.108. The monoisotopic (exact) mass is 311 g/mol. The van der Waals surface area contributed by atoms with Crippen molar-refractivity contribution >= 4 is 26.0 Å². The lowest BCUT2D eigenvalue weighted by Crippen LogP contribution is -2.39. The minimum Gasteiger partial charge on any atom is -0.383 e. The minimum absolute atomic E-state index is 0.134. The normalized spacial score (nSPS) is 13.9. The van der Waals surface area contributed by atoms with Crippen molar-refractivity contribution in [2.24, 2.45) is 7.05 Å². The van der Waals surface area contributed by atoms with Gasteiger partial charge in [-0.1, -0.05) is 15.9 Å². The molecule has 1 aromatic heterocycles. The summed E-state index contributed by atoms with van der Waals surface area (Å²) in [4.78, 5) is 0. The van der Waals surface area contributed by atoms with Crippen LogP contribution < -0.4 is 4.72 Å². The van der Waals surface area contributed by atoms with Gasteiger partial charge in [0, 0.05) is 19.5 Å². The summed E-state index contributed by atoms with van der Waals surface area (Å²) in [5.41, 5.74) is 0. The Bertz CT molecular complexity index is 431. The van der Waals surface area contributed by atoms with E-state index in [1.54, 1.807) is 7.05 Å². The fourth-order valence-electron chi connectivity index (χ4n) is 1.22. The number of methoxy groups -OCH3 is 1. The topological polar surface area (TPSA) is 73.2 Å². The Morgan fingerprint density at radius 3 is 2.81 bits per heavy atom. The molecule has 1 heterocycles. The summed E-state index contributed by atoms with van der Waals surface area (Å²) in [6.07, 6.45) is 1.44. The first kappa shape index (κ1) is 13.6. The Morgan fingerprint density at radius 1 is 1.69 bits per heavy atom. The van der Waals surface area contributed by atoms with E-state index in [2.05, 4.69) is 25.8 Å². The third-order valence-corrected chi connectivity index (χ3v) is 4.30. The molecule has 0 fully saturated rings. The van der Waals surface area contributed by atoms with Crippen molar-refractivity contribution in [1.82, 2.24) is 14.5 Å². The Morgan fingerprint density at radius 2 is 2.38 bits per heavy atom. The first-order valence-corrected chi connectivity index (χ1v) is 7.17. The second-order valence-corrected chi connectivity index (χ2v) is 5.53. The van der Waals surface area contributed by atoms with E-state index in [0.29, 0.717) is 11.9 Å². The van der Waals surface area contributed by atoms with Crippen LogP contribution in [-0.4, -0.2) is 43.3 Å². The van der Waals surface area contributed by atoms with Crippen LogP contribution in [0, 0.1) is 0 Å². The van der Waals surface area contributed by atoms with E-state index < -0.39 is 10.0 Å². The zero-order valence-corrected chi connectivity index (χ0v) is 11.5. The molecule has 0 aliphatic carbocycles. The molecule has 1 atom stereocenters. The number of nitrogens with one attached hydrogen (secondary N) is 1. The van der Waals surface area contributed by atoms with Crippen molar-refractivity contribution in [1.29, 1.82) is 0 Å². The third kappa shape index (κ3) is 3.27. The average molecular weight is 312 g/mol. The molecule has 0 saturated heterocycles. The molecule has 1 N–H and O–H groups in total. The van der Waals surface area contributed by atoms with E-state index in [1.807, 2.05) is 0 Å². The number of hydrogen-bond donors (Lipinski definition) is 1. The number of alkyl halides is 1. The largest absolute Gasteiger partial charge is 0.383 e. The second kappa shape index (κ2) is 5.76. The molecule has 16 heavy (non-hydrogen) atoms. The Labute approximate surface area is 103 Å². The van der Waals surface area contributed by atoms with Crippen LogP contribution in [0.1, 0.15) is 0 Å². The minimum atomic E-state index is -3.54. The quantitative estimate of drug-likeness (QED) is 0.757. The van der Waals surface area contributed by atoms with Crippen molar-refractivity contribution in [2.75, 3.05) is 19.0 Å². The van der Waals surface area contributed by atoms with E-state index in [9.17, 15) is 8.42 Å². The lowest BCUT2D eigenvalue weighted by atomic mass is 10.4. The molecule has 1 aromatic rings. The molecule has 1 rings (SSSR count). The average Bonchev–Trinajstić information content (AvgIpc) is 2.64. The number of hydrogen-bond acceptors (Lipinski definition) is 4. The van der Waals surface area contributed by atoms with Crippen LogP contribution in [0.15, 0.2) is 17.3 Å². The van der Waals surface area contributed by atoms with Gasteiger partial charge in [0.15, 0.2) is 5.03 Å². The molecule has 0 aliphatic heterocycles. The zero-order valence-electron chi connectivity index (χ0n) is 9.05. The van der Waals surface area contributed by atoms with Gasteiger partial charge >= 0.3 is 0 Å². The fraction of sp³-hybridized carbons (Fsp3) is 0.625. The molecule has 0 spiro atoms. The standard InChI is InChI=1S/C8H14BrN3O3S/c1-12-8(3-4-10-12)16(13,14)11-7(5-9)6-15-2/h3-4,7,11H,5-6H2,1-2H3. The van der Waals surface area contributed by atoms with Crippen molar-refractivity contribution in [2.45, 2.75) is 11.1 Å². The van der Waals surface area contributed by atoms with Crippen LogP contribution in [0.5, 0.6) is 0 Å². The van der Waals surface area contributed by atoms with Gasteiger partial charge in [0.2, 0.25) is 0 Å². The fourth-order valence-corrected chi connectivity index (χ4v) is 3.13. The highest BCUT2D eigenvalue weighted by Gasteiger charge is 2.21. The summed E-state index contributed by atoms with van der Waals surface area (Å²) in [5, 5.41) is 4.43. The van der Waals surface area contributed by atoms with Gasteiger partial charge in [0.1, 0.15) is 0 Å². The number of rotatable bonds is 6. The highest BCUT2D eigenvalue weighted by Crippen LogP contribution is 2.07. The summed E-state index contributed by atoms with van der Waals surface area (Å²) >= 11 is 3.22. The molecule has 8 heteroatoms. The van der Waals surface area contributed by atoms with Gasteiger partial charge in [-0.3, -0.25) is 4.68 Å². The summed E-state index contributed by atoms with van der Waals surface area (Å²) in [6, 6.07) is 1.14. The van der Waals surface area contributed by atoms with Crippen molar-refractivity contribution in [3.63, 3.8) is 0 Å². The number of halogens is 1. The molecule has 0 saturated carbocycles. The van der Waals surface area contributed by atoms with E-state index in [4.69, 9.17) is 4.74 Å². The summed E-state index contributed by atoms with van der Waals surface area (Å²) < 4.78 is 32.6. The highest BCUT2D eigenvalue weighted by molar-refractivity contribution is 9.09. The SMILES string of the molecule is COCC(CBr)NS(=O)(=O)c1ccnn1C. The molecule has 1 unspecified atom stereocenters. The molecular weight excluding hydrogens is 298 g/mol. The summed E-state index contributed by atoms with van der Waals surface area (Å²) in [7, 11) is -0.441. The van der Waals surface area contributed by atoms with Gasteiger partial charge < -0.3 is 4.74 Å². The maximum absolute atomic E-state index is 11.9. The van der Waals surface area contributed by atoms with Crippen LogP contribution in [0.3, 0.4) is 0 Å². The molecule has 6 nitrogen and oxygen atoms in total. The van der Waals surface area contributed by atoms with E-state index in [0.717, 1.165) is 0 Å². The number of aromatic nitrogens is 2. The molecular formula is C8H14BrN3O3S. The second-order valence-electron chi connectivity index (χ2n) is 3.22. The molecule has 92 valence electrons. The van der Waals surface area contributed by atoms with Crippen LogP contribution in [0.25, 0.3) is 0 Å². The molecule has 0 aromatic carbocycles. The molecule has 0 bridgehead atoms. The Kier molecular flexibility index (Phi) is 4.90. The lowest BCUT2D eigenvalue weighted by Gasteiger charge is -2.15. The van der Waals surface area contributed by atoms with Gasteiger partial charge in [-0.05, 0) is 6.07 Å². The third-order valence-electron chi connectivity index (χ3n) is 1.93. The van der Waals surface area contributed by atoms with Gasteiger partial charge in [0.05, 0.1) is 18.8 Å². The molecule has 0 amide bonds. The Hall–Kier alpha value is -0.440. The van der Waals surface area contributed by atoms with Gasteiger partial charge in [-0.2, -0.15) is 5.10 Å². The first-order valence-electron chi connectivity index (χ1n) is 4.56. The number of sulfonamides is 1. The van der Waals surface area contributed by atoms with Crippen molar-refractivity contribution in [3.05, 3.63) is 12.3 Å². The highest BCUT2D eigenvalue weighted by atomic mass is 79.9. The predicted molar refractivity (Wildman–Crippen MR) is 63.0 cm³/mol. The summed E-state index contributed by atoms with van der Waals surface area (Å²) in [6.45, 7) is 0.308. The van der Waals surface area contributed by atoms with E-state index in [1.165, 1.54) is 24.1 Å². The van der Waals surface area contributed by atoms with E-state index >= 15 is 0 Å². The summed E-state index contributed by atoms with van der Waals surface area (Å²) in [5.74, 6) is 0. The molecule has 0 aliphatic rings. The maximum atomic E-state index is 11.9. The zero-order chi connectivity index (χ0) is 12.2. The van der Waals surface area contributed by atoms with Crippen molar-refractivity contribution in [3.8, 4) is 0 Å². The van der Waals surface area contributed by atoms with Gasteiger partial charge in [-0.15, -0.1) is 0 Å². The van der Waals surface area contributed by atoms with Crippen LogP contribution >= 0.6 is 15.9 Å². The van der Waals surface area contributed by atoms with Crippen molar-refractivity contribution < 1.29 is 13.2 Å². The number of ether oxygens (including phenoxy) is 1. The smallest absolute Gasteiger partial charge is 0.258 e. The van der Waals surface area contributed by atoms with E-state index in [-0.39, 0.29) is 11.1 Å². The van der Waals surface area contributed by atoms with Crippen LogP contribution in [0.4, 0.5) is 0 Å². The van der Waals surface area contributed by atoms with Crippen LogP contribution in [-0.2, 0) is 21.8 Å². The van der Waals surface area contributed by atoms with Gasteiger partial charge in [0.25, 0.3) is 10.0 Å². The number of nitrogens with zero attached hydrogens (tertiary/aromatic N) is 2. The maximum Gasteiger partial charge on any atom is 0.258 e. The molecule has 0 radical (unpaired) electrons. The Balaban J connectivity index is 2.83. The first-order chi connectivity index (χ1) is 7.51. The van der Waals surface area contributed by atoms with Gasteiger partial charge in [-0.25, -0.2) is 13.1 Å². The lowest BCUT2D eigenvalue weighted by molar-refractivity contribution is 0.181.